The van der Waals surface area contributed by atoms with Crippen LogP contribution in [0.15, 0.2) is 12.3 Å². The molecule has 2 unspecified atom stereocenters. The average molecular weight is 252 g/mol. The summed E-state index contributed by atoms with van der Waals surface area (Å²) in [4.78, 5) is 14.9. The average Bonchev–Trinajstić information content (AvgIpc) is 2.31. The zero-order valence-electron chi connectivity index (χ0n) is 10.3. The number of aromatic nitrogens is 1. The number of rotatable bonds is 3. The highest BCUT2D eigenvalue weighted by atomic mass is 19.1. The minimum atomic E-state index is -1.16. The van der Waals surface area contributed by atoms with Crippen molar-refractivity contribution in [1.82, 2.24) is 4.98 Å². The van der Waals surface area contributed by atoms with Crippen molar-refractivity contribution >= 4 is 11.8 Å². The van der Waals surface area contributed by atoms with Gasteiger partial charge in [0.25, 0.3) is 0 Å². The molecule has 2 rings (SSSR count). The van der Waals surface area contributed by atoms with Crippen LogP contribution in [0.4, 0.5) is 10.2 Å². The van der Waals surface area contributed by atoms with Gasteiger partial charge in [0.1, 0.15) is 17.2 Å². The number of hydrogen-bond acceptors (Lipinski definition) is 3. The molecule has 1 aliphatic rings. The second-order valence-corrected chi connectivity index (χ2v) is 4.97. The van der Waals surface area contributed by atoms with E-state index in [0.29, 0.717) is 5.92 Å². The third kappa shape index (κ3) is 2.97. The highest BCUT2D eigenvalue weighted by Crippen LogP contribution is 2.26. The Morgan fingerprint density at radius 3 is 3.00 bits per heavy atom. The molecule has 5 heteroatoms. The Labute approximate surface area is 105 Å². The van der Waals surface area contributed by atoms with Crippen molar-refractivity contribution in [3.63, 3.8) is 0 Å². The lowest BCUT2D eigenvalue weighted by atomic mass is 9.87. The monoisotopic (exact) mass is 252 g/mol. The number of anilines is 1. The standard InChI is InChI=1S/C13H17FN2O2/c1-8-3-2-4-10(5-8)16-12-11(13(17)18)6-9(14)7-15-12/h6-8,10H,2-5H2,1H3,(H,15,16)(H,17,18). The van der Waals surface area contributed by atoms with Crippen LogP contribution in [0.5, 0.6) is 0 Å². The Morgan fingerprint density at radius 2 is 2.33 bits per heavy atom. The lowest BCUT2D eigenvalue weighted by molar-refractivity contribution is 0.0697. The van der Waals surface area contributed by atoms with Crippen molar-refractivity contribution in [1.29, 1.82) is 0 Å². The number of hydrogen-bond donors (Lipinski definition) is 2. The van der Waals surface area contributed by atoms with Gasteiger partial charge in [0, 0.05) is 6.04 Å². The van der Waals surface area contributed by atoms with E-state index < -0.39 is 11.8 Å². The summed E-state index contributed by atoms with van der Waals surface area (Å²) in [7, 11) is 0. The first-order valence-corrected chi connectivity index (χ1v) is 6.21. The number of nitrogens with zero attached hydrogens (tertiary/aromatic N) is 1. The molecule has 1 saturated carbocycles. The number of aromatic carboxylic acids is 1. The Morgan fingerprint density at radius 1 is 1.56 bits per heavy atom. The van der Waals surface area contributed by atoms with Crippen LogP contribution < -0.4 is 5.32 Å². The predicted octanol–water partition coefficient (Wildman–Crippen LogP) is 2.91. The van der Waals surface area contributed by atoms with E-state index in [1.165, 1.54) is 6.42 Å². The lowest BCUT2D eigenvalue weighted by Gasteiger charge is -2.28. The van der Waals surface area contributed by atoms with E-state index in [9.17, 15) is 9.18 Å². The summed E-state index contributed by atoms with van der Waals surface area (Å²) < 4.78 is 13.0. The van der Waals surface area contributed by atoms with Gasteiger partial charge in [-0.25, -0.2) is 14.2 Å². The molecule has 2 N–H and O–H groups in total. The Bertz CT molecular complexity index is 451. The maximum atomic E-state index is 13.0. The van der Waals surface area contributed by atoms with Crippen molar-refractivity contribution in [2.75, 3.05) is 5.32 Å². The molecule has 0 amide bonds. The van der Waals surface area contributed by atoms with Crippen molar-refractivity contribution in [3.8, 4) is 0 Å². The third-order valence-corrected chi connectivity index (χ3v) is 3.36. The minimum absolute atomic E-state index is 0.103. The fourth-order valence-corrected chi connectivity index (χ4v) is 2.48. The summed E-state index contributed by atoms with van der Waals surface area (Å²) in [6.45, 7) is 2.18. The molecule has 1 aromatic heterocycles. The fraction of sp³-hybridized carbons (Fsp3) is 0.538. The van der Waals surface area contributed by atoms with Gasteiger partial charge >= 0.3 is 5.97 Å². The second-order valence-electron chi connectivity index (χ2n) is 4.97. The number of nitrogens with one attached hydrogen (secondary N) is 1. The first-order valence-electron chi connectivity index (χ1n) is 6.21. The van der Waals surface area contributed by atoms with Gasteiger partial charge < -0.3 is 10.4 Å². The smallest absolute Gasteiger partial charge is 0.339 e. The van der Waals surface area contributed by atoms with Crippen molar-refractivity contribution in [3.05, 3.63) is 23.6 Å². The molecular weight excluding hydrogens is 235 g/mol. The fourth-order valence-electron chi connectivity index (χ4n) is 2.48. The second kappa shape index (κ2) is 5.33. The molecule has 1 aromatic rings. The van der Waals surface area contributed by atoms with E-state index in [4.69, 9.17) is 5.11 Å². The minimum Gasteiger partial charge on any atom is -0.478 e. The molecule has 0 aromatic carbocycles. The number of halogens is 1. The Hall–Kier alpha value is -1.65. The molecule has 0 saturated heterocycles. The first-order chi connectivity index (χ1) is 8.56. The molecule has 0 radical (unpaired) electrons. The maximum Gasteiger partial charge on any atom is 0.339 e. The highest BCUT2D eigenvalue weighted by molar-refractivity contribution is 5.93. The quantitative estimate of drug-likeness (QED) is 0.868. The van der Waals surface area contributed by atoms with Gasteiger partial charge in [-0.3, -0.25) is 0 Å². The number of carbonyl (C=O) groups is 1. The molecule has 0 bridgehead atoms. The zero-order valence-corrected chi connectivity index (χ0v) is 10.3. The van der Waals surface area contributed by atoms with E-state index in [2.05, 4.69) is 17.2 Å². The maximum absolute atomic E-state index is 13.0. The van der Waals surface area contributed by atoms with Crippen LogP contribution in [0, 0.1) is 11.7 Å². The molecule has 1 fully saturated rings. The third-order valence-electron chi connectivity index (χ3n) is 3.36. The van der Waals surface area contributed by atoms with Crippen LogP contribution in [0.3, 0.4) is 0 Å². The molecule has 18 heavy (non-hydrogen) atoms. The van der Waals surface area contributed by atoms with Crippen LogP contribution >= 0.6 is 0 Å². The summed E-state index contributed by atoms with van der Waals surface area (Å²) in [6.07, 6.45) is 5.38. The SMILES string of the molecule is CC1CCCC(Nc2ncc(F)cc2C(=O)O)C1. The summed E-state index contributed by atoms with van der Waals surface area (Å²) >= 11 is 0. The van der Waals surface area contributed by atoms with E-state index in [-0.39, 0.29) is 17.4 Å². The van der Waals surface area contributed by atoms with Crippen LogP contribution in [0.2, 0.25) is 0 Å². The van der Waals surface area contributed by atoms with Gasteiger partial charge in [-0.1, -0.05) is 19.8 Å². The van der Waals surface area contributed by atoms with E-state index in [0.717, 1.165) is 31.5 Å². The Kier molecular flexibility index (Phi) is 3.79. The van der Waals surface area contributed by atoms with Crippen molar-refractivity contribution in [2.24, 2.45) is 5.92 Å². The summed E-state index contributed by atoms with van der Waals surface area (Å²) in [5.74, 6) is -0.892. The van der Waals surface area contributed by atoms with Gasteiger partial charge in [-0.2, -0.15) is 0 Å². The van der Waals surface area contributed by atoms with Gasteiger partial charge in [-0.05, 0) is 24.8 Å². The van der Waals surface area contributed by atoms with Crippen LogP contribution in [0.25, 0.3) is 0 Å². The van der Waals surface area contributed by atoms with Crippen LogP contribution in [-0.2, 0) is 0 Å². The van der Waals surface area contributed by atoms with E-state index >= 15 is 0 Å². The normalized spacial score (nSPS) is 23.7. The Balaban J connectivity index is 2.15. The highest BCUT2D eigenvalue weighted by Gasteiger charge is 2.21. The van der Waals surface area contributed by atoms with Crippen LogP contribution in [0.1, 0.15) is 43.0 Å². The molecule has 0 aliphatic heterocycles. The van der Waals surface area contributed by atoms with E-state index in [1.54, 1.807) is 0 Å². The number of carboxylic acid groups (broad SMARTS) is 1. The molecule has 1 aliphatic carbocycles. The van der Waals surface area contributed by atoms with Gasteiger partial charge in [0.15, 0.2) is 0 Å². The topological polar surface area (TPSA) is 62.2 Å². The summed E-state index contributed by atoms with van der Waals surface area (Å²) in [6, 6.07) is 1.23. The largest absolute Gasteiger partial charge is 0.478 e. The van der Waals surface area contributed by atoms with Gasteiger partial charge in [-0.15, -0.1) is 0 Å². The molecule has 98 valence electrons. The predicted molar refractivity (Wildman–Crippen MR) is 66.2 cm³/mol. The molecule has 1 heterocycles. The first kappa shape index (κ1) is 12.8. The summed E-state index contributed by atoms with van der Waals surface area (Å²) in [5.41, 5.74) is -0.103. The van der Waals surface area contributed by atoms with Gasteiger partial charge in [0.2, 0.25) is 0 Å². The lowest BCUT2D eigenvalue weighted by Crippen LogP contribution is -2.27. The van der Waals surface area contributed by atoms with Gasteiger partial charge in [0.05, 0.1) is 6.20 Å². The summed E-state index contributed by atoms with van der Waals surface area (Å²) in [5, 5.41) is 12.2. The van der Waals surface area contributed by atoms with Crippen LogP contribution in [-0.4, -0.2) is 22.1 Å². The zero-order chi connectivity index (χ0) is 13.1. The molecule has 2 atom stereocenters. The number of pyridine rings is 1. The molecule has 4 nitrogen and oxygen atoms in total. The number of carboxylic acids is 1. The molecular formula is C13H17FN2O2. The van der Waals surface area contributed by atoms with E-state index in [1.807, 2.05) is 0 Å². The molecule has 0 spiro atoms. The van der Waals surface area contributed by atoms with Crippen molar-refractivity contribution in [2.45, 2.75) is 38.6 Å². The van der Waals surface area contributed by atoms with Crippen molar-refractivity contribution < 1.29 is 14.3 Å².